The number of nitrogens with one attached hydrogen (secondary N) is 1. The quantitative estimate of drug-likeness (QED) is 0.827. The van der Waals surface area contributed by atoms with Crippen molar-refractivity contribution in [2.45, 2.75) is 39.3 Å². The summed E-state index contributed by atoms with van der Waals surface area (Å²) in [5, 5.41) is 6.92. The molecule has 0 spiro atoms. The first-order chi connectivity index (χ1) is 8.89. The molecule has 0 aliphatic rings. The van der Waals surface area contributed by atoms with E-state index in [4.69, 9.17) is 4.74 Å². The SMILES string of the molecule is CCC(C)(C)NC(=O)c1ccc(=O)n(CCOC)n1. The summed E-state index contributed by atoms with van der Waals surface area (Å²) < 4.78 is 6.13. The fourth-order valence-electron chi connectivity index (χ4n) is 1.37. The average molecular weight is 267 g/mol. The average Bonchev–Trinajstić information content (AvgIpc) is 2.37. The van der Waals surface area contributed by atoms with Gasteiger partial charge in [-0.15, -0.1) is 0 Å². The molecule has 0 aliphatic heterocycles. The zero-order valence-corrected chi connectivity index (χ0v) is 11.9. The highest BCUT2D eigenvalue weighted by molar-refractivity contribution is 5.92. The lowest BCUT2D eigenvalue weighted by molar-refractivity contribution is 0.0902. The summed E-state index contributed by atoms with van der Waals surface area (Å²) in [6, 6.07) is 2.78. The van der Waals surface area contributed by atoms with Crippen LogP contribution in [-0.2, 0) is 11.3 Å². The second-order valence-electron chi connectivity index (χ2n) is 4.96. The van der Waals surface area contributed by atoms with E-state index >= 15 is 0 Å². The molecule has 1 aromatic heterocycles. The van der Waals surface area contributed by atoms with Crippen LogP contribution in [-0.4, -0.2) is 34.9 Å². The van der Waals surface area contributed by atoms with Gasteiger partial charge in [-0.05, 0) is 26.3 Å². The Morgan fingerprint density at radius 3 is 2.74 bits per heavy atom. The number of hydrogen-bond donors (Lipinski definition) is 1. The highest BCUT2D eigenvalue weighted by Crippen LogP contribution is 2.07. The molecule has 19 heavy (non-hydrogen) atoms. The number of methoxy groups -OCH3 is 1. The molecule has 0 fully saturated rings. The van der Waals surface area contributed by atoms with E-state index in [1.165, 1.54) is 16.8 Å². The standard InChI is InChI=1S/C13H21N3O3/c1-5-13(2,3)14-12(18)10-6-7-11(17)16(15-10)8-9-19-4/h6-7H,5,8-9H2,1-4H3,(H,14,18). The van der Waals surface area contributed by atoms with Crippen molar-refractivity contribution in [1.29, 1.82) is 0 Å². The summed E-state index contributed by atoms with van der Waals surface area (Å²) in [5.41, 5.74) is -0.313. The van der Waals surface area contributed by atoms with E-state index in [0.29, 0.717) is 13.2 Å². The number of nitrogens with zero attached hydrogens (tertiary/aromatic N) is 2. The first kappa shape index (κ1) is 15.4. The molecular weight excluding hydrogens is 246 g/mol. The molecule has 1 rings (SSSR count). The van der Waals surface area contributed by atoms with Crippen molar-refractivity contribution in [2.75, 3.05) is 13.7 Å². The zero-order chi connectivity index (χ0) is 14.5. The second kappa shape index (κ2) is 6.47. The van der Waals surface area contributed by atoms with Gasteiger partial charge in [0, 0.05) is 18.7 Å². The minimum atomic E-state index is -0.299. The van der Waals surface area contributed by atoms with Gasteiger partial charge in [-0.1, -0.05) is 6.92 Å². The Morgan fingerprint density at radius 1 is 1.47 bits per heavy atom. The topological polar surface area (TPSA) is 73.2 Å². The van der Waals surface area contributed by atoms with Crippen LogP contribution in [0.15, 0.2) is 16.9 Å². The summed E-state index contributed by atoms with van der Waals surface area (Å²) in [4.78, 5) is 23.6. The molecule has 0 saturated carbocycles. The largest absolute Gasteiger partial charge is 0.383 e. The van der Waals surface area contributed by atoms with Crippen LogP contribution in [0.5, 0.6) is 0 Å². The van der Waals surface area contributed by atoms with E-state index in [1.54, 1.807) is 7.11 Å². The van der Waals surface area contributed by atoms with Crippen LogP contribution in [0.1, 0.15) is 37.7 Å². The van der Waals surface area contributed by atoms with Gasteiger partial charge in [-0.25, -0.2) is 4.68 Å². The Bertz CT molecular complexity index is 494. The van der Waals surface area contributed by atoms with Gasteiger partial charge in [0.1, 0.15) is 5.69 Å². The number of carbonyl (C=O) groups is 1. The van der Waals surface area contributed by atoms with Crippen LogP contribution in [0.2, 0.25) is 0 Å². The number of hydrogen-bond acceptors (Lipinski definition) is 4. The van der Waals surface area contributed by atoms with E-state index in [-0.39, 0.29) is 22.7 Å². The molecule has 0 radical (unpaired) electrons. The molecule has 0 aromatic carbocycles. The van der Waals surface area contributed by atoms with Crippen LogP contribution >= 0.6 is 0 Å². The van der Waals surface area contributed by atoms with Crippen LogP contribution in [0.3, 0.4) is 0 Å². The summed E-state index contributed by atoms with van der Waals surface area (Å²) in [7, 11) is 1.55. The molecule has 0 aliphatic carbocycles. The Hall–Kier alpha value is -1.69. The van der Waals surface area contributed by atoms with Gasteiger partial charge in [-0.3, -0.25) is 9.59 Å². The molecule has 6 heteroatoms. The van der Waals surface area contributed by atoms with E-state index in [1.807, 2.05) is 20.8 Å². The minimum Gasteiger partial charge on any atom is -0.383 e. The summed E-state index contributed by atoms with van der Waals surface area (Å²) >= 11 is 0. The van der Waals surface area contributed by atoms with Crippen LogP contribution in [0, 0.1) is 0 Å². The Kier molecular flexibility index (Phi) is 5.23. The lowest BCUT2D eigenvalue weighted by Gasteiger charge is -2.24. The molecule has 1 N–H and O–H groups in total. The third kappa shape index (κ3) is 4.48. The van der Waals surface area contributed by atoms with Gasteiger partial charge < -0.3 is 10.1 Å². The van der Waals surface area contributed by atoms with E-state index in [2.05, 4.69) is 10.4 Å². The zero-order valence-electron chi connectivity index (χ0n) is 11.9. The maximum Gasteiger partial charge on any atom is 0.272 e. The molecule has 106 valence electrons. The fourth-order valence-corrected chi connectivity index (χ4v) is 1.37. The van der Waals surface area contributed by atoms with Crippen molar-refractivity contribution in [3.63, 3.8) is 0 Å². The predicted octanol–water partition coefficient (Wildman–Crippen LogP) is 0.808. The fraction of sp³-hybridized carbons (Fsp3) is 0.615. The highest BCUT2D eigenvalue weighted by Gasteiger charge is 2.20. The van der Waals surface area contributed by atoms with Crippen LogP contribution in [0.4, 0.5) is 0 Å². The summed E-state index contributed by atoms with van der Waals surface area (Å²) in [6.45, 7) is 6.57. The maximum absolute atomic E-state index is 12.0. The molecule has 6 nitrogen and oxygen atoms in total. The number of ether oxygens (including phenoxy) is 1. The molecule has 1 heterocycles. The summed E-state index contributed by atoms with van der Waals surface area (Å²) in [5.74, 6) is -0.280. The van der Waals surface area contributed by atoms with Crippen molar-refractivity contribution in [2.24, 2.45) is 0 Å². The molecule has 0 bridgehead atoms. The number of amides is 1. The number of rotatable bonds is 6. The van der Waals surface area contributed by atoms with Gasteiger partial charge in [0.25, 0.3) is 11.5 Å². The number of aromatic nitrogens is 2. The van der Waals surface area contributed by atoms with Gasteiger partial charge in [0.2, 0.25) is 0 Å². The van der Waals surface area contributed by atoms with Crippen molar-refractivity contribution in [3.8, 4) is 0 Å². The monoisotopic (exact) mass is 267 g/mol. The van der Waals surface area contributed by atoms with E-state index in [0.717, 1.165) is 6.42 Å². The minimum absolute atomic E-state index is 0.234. The van der Waals surface area contributed by atoms with Gasteiger partial charge in [0.15, 0.2) is 0 Å². The Balaban J connectivity index is 2.89. The lowest BCUT2D eigenvalue weighted by Crippen LogP contribution is -2.43. The molecule has 0 saturated heterocycles. The highest BCUT2D eigenvalue weighted by atomic mass is 16.5. The van der Waals surface area contributed by atoms with Crippen LogP contribution in [0.25, 0.3) is 0 Å². The lowest BCUT2D eigenvalue weighted by atomic mass is 10.0. The Labute approximate surface area is 112 Å². The van der Waals surface area contributed by atoms with Crippen molar-refractivity contribution in [3.05, 3.63) is 28.2 Å². The number of carbonyl (C=O) groups excluding carboxylic acids is 1. The Morgan fingerprint density at radius 2 is 2.16 bits per heavy atom. The molecule has 1 amide bonds. The van der Waals surface area contributed by atoms with Gasteiger partial charge >= 0.3 is 0 Å². The van der Waals surface area contributed by atoms with E-state index < -0.39 is 0 Å². The second-order valence-corrected chi connectivity index (χ2v) is 4.96. The predicted molar refractivity (Wildman–Crippen MR) is 72.2 cm³/mol. The first-order valence-corrected chi connectivity index (χ1v) is 6.29. The third-order valence-electron chi connectivity index (χ3n) is 2.94. The van der Waals surface area contributed by atoms with E-state index in [9.17, 15) is 9.59 Å². The molecule has 0 unspecified atom stereocenters. The van der Waals surface area contributed by atoms with Crippen molar-refractivity contribution >= 4 is 5.91 Å². The van der Waals surface area contributed by atoms with Crippen molar-refractivity contribution in [1.82, 2.24) is 15.1 Å². The smallest absolute Gasteiger partial charge is 0.272 e. The molecule has 1 aromatic rings. The van der Waals surface area contributed by atoms with Gasteiger partial charge in [0.05, 0.1) is 13.2 Å². The van der Waals surface area contributed by atoms with Crippen LogP contribution < -0.4 is 10.9 Å². The normalized spacial score (nSPS) is 11.4. The molecular formula is C13H21N3O3. The summed E-state index contributed by atoms with van der Waals surface area (Å²) in [6.07, 6.45) is 0.808. The van der Waals surface area contributed by atoms with Gasteiger partial charge in [-0.2, -0.15) is 5.10 Å². The first-order valence-electron chi connectivity index (χ1n) is 6.29. The third-order valence-corrected chi connectivity index (χ3v) is 2.94. The van der Waals surface area contributed by atoms with Crippen molar-refractivity contribution < 1.29 is 9.53 Å². The maximum atomic E-state index is 12.0. The molecule has 0 atom stereocenters.